The van der Waals surface area contributed by atoms with Gasteiger partial charge in [0.15, 0.2) is 0 Å². The zero-order valence-electron chi connectivity index (χ0n) is 16.2. The van der Waals surface area contributed by atoms with Crippen molar-refractivity contribution in [3.05, 3.63) is 69.7 Å². The lowest BCUT2D eigenvalue weighted by Crippen LogP contribution is -2.23. The van der Waals surface area contributed by atoms with Gasteiger partial charge >= 0.3 is 0 Å². The fraction of sp³-hybridized carbons (Fsp3) is 0.318. The van der Waals surface area contributed by atoms with Crippen LogP contribution in [0.3, 0.4) is 0 Å². The molecule has 6 heteroatoms. The quantitative estimate of drug-likeness (QED) is 0.656. The highest BCUT2D eigenvalue weighted by molar-refractivity contribution is 7.89. The van der Waals surface area contributed by atoms with Crippen LogP contribution in [0.5, 0.6) is 0 Å². The van der Waals surface area contributed by atoms with Crippen LogP contribution in [0.1, 0.15) is 40.1 Å². The molecule has 0 saturated carbocycles. The van der Waals surface area contributed by atoms with Crippen molar-refractivity contribution in [3.8, 4) is 10.6 Å². The van der Waals surface area contributed by atoms with Crippen molar-refractivity contribution < 1.29 is 8.42 Å². The second-order valence-electron chi connectivity index (χ2n) is 7.30. The van der Waals surface area contributed by atoms with Crippen LogP contribution in [0.25, 0.3) is 10.6 Å². The van der Waals surface area contributed by atoms with E-state index in [-0.39, 0.29) is 6.54 Å². The van der Waals surface area contributed by atoms with Crippen molar-refractivity contribution in [2.24, 2.45) is 0 Å². The van der Waals surface area contributed by atoms with E-state index in [2.05, 4.69) is 28.8 Å². The molecule has 0 spiro atoms. The number of fused-ring (bicyclic) bond motifs is 1. The van der Waals surface area contributed by atoms with Gasteiger partial charge < -0.3 is 0 Å². The summed E-state index contributed by atoms with van der Waals surface area (Å²) in [6, 6.07) is 13.7. The Morgan fingerprint density at radius 1 is 1.04 bits per heavy atom. The van der Waals surface area contributed by atoms with E-state index in [1.165, 1.54) is 17.5 Å². The van der Waals surface area contributed by atoms with Crippen LogP contribution in [0, 0.1) is 13.8 Å². The smallest absolute Gasteiger partial charge is 0.240 e. The van der Waals surface area contributed by atoms with Gasteiger partial charge in [0, 0.05) is 17.0 Å². The van der Waals surface area contributed by atoms with Crippen molar-refractivity contribution >= 4 is 21.4 Å². The minimum absolute atomic E-state index is 0.259. The highest BCUT2D eigenvalue weighted by Gasteiger charge is 2.19. The second kappa shape index (κ2) is 7.78. The molecule has 4 rings (SSSR count). The van der Waals surface area contributed by atoms with Gasteiger partial charge in [-0.1, -0.05) is 30.3 Å². The van der Waals surface area contributed by atoms with Gasteiger partial charge in [-0.2, -0.15) is 0 Å². The van der Waals surface area contributed by atoms with E-state index in [1.54, 1.807) is 17.4 Å². The van der Waals surface area contributed by atoms with Crippen molar-refractivity contribution in [1.29, 1.82) is 0 Å². The number of rotatable bonds is 5. The molecule has 4 nitrogen and oxygen atoms in total. The molecule has 0 amide bonds. The largest absolute Gasteiger partial charge is 0.241 e. The molecule has 28 heavy (non-hydrogen) atoms. The van der Waals surface area contributed by atoms with Gasteiger partial charge in [-0.3, -0.25) is 0 Å². The highest BCUT2D eigenvalue weighted by Crippen LogP contribution is 2.30. The Labute approximate surface area is 170 Å². The van der Waals surface area contributed by atoms with Crippen LogP contribution in [0.15, 0.2) is 47.4 Å². The summed E-state index contributed by atoms with van der Waals surface area (Å²) < 4.78 is 28.4. The lowest BCUT2D eigenvalue weighted by atomic mass is 9.92. The summed E-state index contributed by atoms with van der Waals surface area (Å²) in [5.41, 5.74) is 5.59. The van der Waals surface area contributed by atoms with Gasteiger partial charge in [0.05, 0.1) is 10.6 Å². The number of sulfonamides is 1. The molecule has 0 atom stereocenters. The third-order valence-electron chi connectivity index (χ3n) is 5.32. The minimum atomic E-state index is -3.54. The molecule has 3 aromatic rings. The minimum Gasteiger partial charge on any atom is -0.241 e. The molecule has 1 heterocycles. The molecule has 0 saturated heterocycles. The Morgan fingerprint density at radius 3 is 2.57 bits per heavy atom. The first-order chi connectivity index (χ1) is 13.4. The lowest BCUT2D eigenvalue weighted by molar-refractivity contribution is 0.581. The summed E-state index contributed by atoms with van der Waals surface area (Å²) in [4.78, 5) is 5.96. The number of nitrogens with one attached hydrogen (secondary N) is 1. The fourth-order valence-corrected chi connectivity index (χ4v) is 5.87. The average Bonchev–Trinajstić information content (AvgIpc) is 3.07. The summed E-state index contributed by atoms with van der Waals surface area (Å²) in [7, 11) is -3.54. The SMILES string of the molecule is Cc1ccccc1-c1nc(C)c(CNS(=O)(=O)c2ccc3c(c2)CCCC3)s1. The van der Waals surface area contributed by atoms with Crippen LogP contribution in [-0.4, -0.2) is 13.4 Å². The zero-order chi connectivity index (χ0) is 19.7. The maximum Gasteiger partial charge on any atom is 0.240 e. The van der Waals surface area contributed by atoms with Gasteiger partial charge in [0.1, 0.15) is 5.01 Å². The number of aromatic nitrogens is 1. The predicted molar refractivity (Wildman–Crippen MR) is 114 cm³/mol. The third kappa shape index (κ3) is 3.90. The summed E-state index contributed by atoms with van der Waals surface area (Å²) in [5.74, 6) is 0. The van der Waals surface area contributed by atoms with E-state index in [4.69, 9.17) is 0 Å². The van der Waals surface area contributed by atoms with Crippen LogP contribution >= 0.6 is 11.3 Å². The predicted octanol–water partition coefficient (Wildman–Crippen LogP) is 4.78. The van der Waals surface area contributed by atoms with Crippen molar-refractivity contribution in [2.45, 2.75) is 51.0 Å². The standard InChI is InChI=1S/C22H24N2O2S2/c1-15-7-3-6-10-20(15)22-24-16(2)21(27-22)14-23-28(25,26)19-12-11-17-8-4-5-9-18(17)13-19/h3,6-7,10-13,23H,4-5,8-9,14H2,1-2H3. The third-order valence-corrected chi connectivity index (χ3v) is 7.91. The zero-order valence-corrected chi connectivity index (χ0v) is 17.8. The summed E-state index contributed by atoms with van der Waals surface area (Å²) >= 11 is 1.55. The molecule has 1 aliphatic carbocycles. The van der Waals surface area contributed by atoms with E-state index >= 15 is 0 Å². The van der Waals surface area contributed by atoms with Crippen LogP contribution in [0.4, 0.5) is 0 Å². The van der Waals surface area contributed by atoms with E-state index in [1.807, 2.05) is 31.2 Å². The molecular formula is C22H24N2O2S2. The summed E-state index contributed by atoms with van der Waals surface area (Å²) in [6.45, 7) is 4.25. The molecular weight excluding hydrogens is 388 g/mol. The number of nitrogens with zero attached hydrogens (tertiary/aromatic N) is 1. The van der Waals surface area contributed by atoms with E-state index < -0.39 is 10.0 Å². The van der Waals surface area contributed by atoms with Gasteiger partial charge in [0.2, 0.25) is 10.0 Å². The number of aryl methyl sites for hydroxylation is 4. The molecule has 1 aliphatic rings. The van der Waals surface area contributed by atoms with Gasteiger partial charge in [-0.15, -0.1) is 11.3 Å². The van der Waals surface area contributed by atoms with Crippen molar-refractivity contribution in [2.75, 3.05) is 0 Å². The van der Waals surface area contributed by atoms with E-state index in [9.17, 15) is 8.42 Å². The number of benzene rings is 2. The molecule has 146 valence electrons. The molecule has 0 unspecified atom stereocenters. The molecule has 1 N–H and O–H groups in total. The Balaban J connectivity index is 1.53. The average molecular weight is 413 g/mol. The molecule has 0 bridgehead atoms. The highest BCUT2D eigenvalue weighted by atomic mass is 32.2. The molecule has 1 aromatic heterocycles. The Kier molecular flexibility index (Phi) is 5.36. The maximum atomic E-state index is 12.8. The Hall–Kier alpha value is -2.02. The summed E-state index contributed by atoms with van der Waals surface area (Å²) in [6.07, 6.45) is 4.33. The van der Waals surface area contributed by atoms with Gasteiger partial charge in [-0.25, -0.2) is 18.1 Å². The molecule has 0 aliphatic heterocycles. The molecule has 2 aromatic carbocycles. The van der Waals surface area contributed by atoms with Crippen LogP contribution in [-0.2, 0) is 29.4 Å². The van der Waals surface area contributed by atoms with E-state index in [0.29, 0.717) is 4.90 Å². The number of hydrogen-bond acceptors (Lipinski definition) is 4. The van der Waals surface area contributed by atoms with Crippen molar-refractivity contribution in [3.63, 3.8) is 0 Å². The monoisotopic (exact) mass is 412 g/mol. The first-order valence-corrected chi connectivity index (χ1v) is 11.9. The number of thiazole rings is 1. The fourth-order valence-electron chi connectivity index (χ4n) is 3.64. The normalized spacial score (nSPS) is 14.1. The summed E-state index contributed by atoms with van der Waals surface area (Å²) in [5, 5.41) is 0.929. The van der Waals surface area contributed by atoms with Crippen LogP contribution in [0.2, 0.25) is 0 Å². The Morgan fingerprint density at radius 2 is 1.79 bits per heavy atom. The van der Waals surface area contributed by atoms with Crippen LogP contribution < -0.4 is 4.72 Å². The second-order valence-corrected chi connectivity index (χ2v) is 10.2. The van der Waals surface area contributed by atoms with Gasteiger partial charge in [-0.05, 0) is 68.4 Å². The maximum absolute atomic E-state index is 12.8. The molecule has 0 fully saturated rings. The molecule has 0 radical (unpaired) electrons. The number of hydrogen-bond donors (Lipinski definition) is 1. The van der Waals surface area contributed by atoms with Crippen molar-refractivity contribution in [1.82, 2.24) is 9.71 Å². The lowest BCUT2D eigenvalue weighted by Gasteiger charge is -2.16. The Bertz CT molecular complexity index is 1120. The first-order valence-electron chi connectivity index (χ1n) is 9.58. The topological polar surface area (TPSA) is 59.1 Å². The van der Waals surface area contributed by atoms with E-state index in [0.717, 1.165) is 46.0 Å². The van der Waals surface area contributed by atoms with Gasteiger partial charge in [0.25, 0.3) is 0 Å². The first kappa shape index (κ1) is 19.3.